The smallest absolute Gasteiger partial charge is 0.163 e. The molecular formula is C15H17ClO. The van der Waals surface area contributed by atoms with Crippen LogP contribution in [-0.4, -0.2) is 5.78 Å². The fourth-order valence-electron chi connectivity index (χ4n) is 3.20. The molecule has 1 nitrogen and oxygen atoms in total. The first-order valence-electron chi connectivity index (χ1n) is 6.58. The van der Waals surface area contributed by atoms with Gasteiger partial charge in [-0.05, 0) is 36.0 Å². The zero-order chi connectivity index (χ0) is 11.8. The van der Waals surface area contributed by atoms with Crippen LogP contribution in [0.25, 0.3) is 0 Å². The van der Waals surface area contributed by atoms with E-state index in [1.54, 1.807) is 0 Å². The van der Waals surface area contributed by atoms with E-state index in [0.717, 1.165) is 29.3 Å². The molecule has 0 unspecified atom stereocenters. The normalized spacial score (nSPS) is 19.9. The molecule has 0 bridgehead atoms. The molecular weight excluding hydrogens is 232 g/mol. The van der Waals surface area contributed by atoms with E-state index >= 15 is 0 Å². The van der Waals surface area contributed by atoms with Crippen molar-refractivity contribution in [1.29, 1.82) is 0 Å². The summed E-state index contributed by atoms with van der Waals surface area (Å²) in [5.41, 5.74) is 3.34. The van der Waals surface area contributed by atoms with E-state index in [-0.39, 0.29) is 5.78 Å². The van der Waals surface area contributed by atoms with Crippen LogP contribution in [0.5, 0.6) is 0 Å². The molecule has 90 valence electrons. The fourth-order valence-corrected chi connectivity index (χ4v) is 3.44. The van der Waals surface area contributed by atoms with Crippen molar-refractivity contribution in [2.24, 2.45) is 5.92 Å². The molecule has 2 aliphatic carbocycles. The summed E-state index contributed by atoms with van der Waals surface area (Å²) in [5, 5.41) is 0.797. The minimum absolute atomic E-state index is 0.259. The Kier molecular flexibility index (Phi) is 2.96. The number of carbonyl (C=O) groups excluding carboxylic acids is 1. The Balaban J connectivity index is 1.87. The third-order valence-electron chi connectivity index (χ3n) is 4.18. The summed E-state index contributed by atoms with van der Waals surface area (Å²) in [5.74, 6) is 1.07. The Labute approximate surface area is 107 Å². The molecule has 0 heterocycles. The fraction of sp³-hybridized carbons (Fsp3) is 0.533. The van der Waals surface area contributed by atoms with Gasteiger partial charge in [0.25, 0.3) is 0 Å². The SMILES string of the molecule is O=C1CCc2cc(CC3CCCC3)c(Cl)cc21. The number of fused-ring (bicyclic) bond motifs is 1. The summed E-state index contributed by atoms with van der Waals surface area (Å²) in [6.45, 7) is 0. The lowest BCUT2D eigenvalue weighted by atomic mass is 9.95. The Hall–Kier alpha value is -0.820. The summed E-state index contributed by atoms with van der Waals surface area (Å²) in [4.78, 5) is 11.6. The van der Waals surface area contributed by atoms with Crippen LogP contribution in [0.4, 0.5) is 0 Å². The van der Waals surface area contributed by atoms with Crippen molar-refractivity contribution in [1.82, 2.24) is 0 Å². The van der Waals surface area contributed by atoms with Crippen molar-refractivity contribution in [3.8, 4) is 0 Å². The number of benzene rings is 1. The number of rotatable bonds is 2. The number of carbonyl (C=O) groups is 1. The monoisotopic (exact) mass is 248 g/mol. The summed E-state index contributed by atoms with van der Waals surface area (Å²) in [6, 6.07) is 4.08. The zero-order valence-electron chi connectivity index (χ0n) is 9.97. The molecule has 1 fully saturated rings. The highest BCUT2D eigenvalue weighted by Gasteiger charge is 2.23. The molecule has 0 spiro atoms. The van der Waals surface area contributed by atoms with Crippen molar-refractivity contribution >= 4 is 17.4 Å². The molecule has 17 heavy (non-hydrogen) atoms. The maximum Gasteiger partial charge on any atom is 0.163 e. The minimum atomic E-state index is 0.259. The first kappa shape index (κ1) is 11.3. The van der Waals surface area contributed by atoms with E-state index < -0.39 is 0 Å². The van der Waals surface area contributed by atoms with Gasteiger partial charge in [-0.2, -0.15) is 0 Å². The van der Waals surface area contributed by atoms with Gasteiger partial charge in [-0.3, -0.25) is 4.79 Å². The average Bonchev–Trinajstić information content (AvgIpc) is 2.92. The molecule has 1 aromatic carbocycles. The molecule has 0 saturated heterocycles. The van der Waals surface area contributed by atoms with Gasteiger partial charge < -0.3 is 0 Å². The van der Waals surface area contributed by atoms with E-state index in [1.165, 1.54) is 36.8 Å². The van der Waals surface area contributed by atoms with Crippen molar-refractivity contribution in [3.05, 3.63) is 33.8 Å². The maximum absolute atomic E-state index is 11.6. The van der Waals surface area contributed by atoms with Gasteiger partial charge in [0.2, 0.25) is 0 Å². The highest BCUT2D eigenvalue weighted by Crippen LogP contribution is 2.33. The second-order valence-electron chi connectivity index (χ2n) is 5.38. The van der Waals surface area contributed by atoms with Gasteiger partial charge in [0, 0.05) is 17.0 Å². The van der Waals surface area contributed by atoms with Crippen molar-refractivity contribution in [2.75, 3.05) is 0 Å². The largest absolute Gasteiger partial charge is 0.294 e. The minimum Gasteiger partial charge on any atom is -0.294 e. The van der Waals surface area contributed by atoms with Crippen LogP contribution in [0.1, 0.15) is 53.6 Å². The molecule has 3 rings (SSSR count). The van der Waals surface area contributed by atoms with Gasteiger partial charge in [-0.15, -0.1) is 0 Å². The second-order valence-corrected chi connectivity index (χ2v) is 5.79. The van der Waals surface area contributed by atoms with Crippen LogP contribution >= 0.6 is 11.6 Å². The molecule has 2 heteroatoms. The Morgan fingerprint density at radius 2 is 1.94 bits per heavy atom. The quantitative estimate of drug-likeness (QED) is 0.767. The number of ketones is 1. The maximum atomic E-state index is 11.6. The predicted molar refractivity (Wildman–Crippen MR) is 69.8 cm³/mol. The molecule has 0 N–H and O–H groups in total. The molecule has 0 amide bonds. The molecule has 0 aromatic heterocycles. The predicted octanol–water partition coefficient (Wildman–Crippen LogP) is 4.20. The van der Waals surface area contributed by atoms with E-state index in [1.807, 2.05) is 6.07 Å². The standard InChI is InChI=1S/C15H17ClO/c16-14-9-13-11(5-6-15(13)17)8-12(14)7-10-3-1-2-4-10/h8-10H,1-7H2. The highest BCUT2D eigenvalue weighted by molar-refractivity contribution is 6.31. The summed E-state index contributed by atoms with van der Waals surface area (Å²) < 4.78 is 0. The van der Waals surface area contributed by atoms with Crippen LogP contribution in [0.2, 0.25) is 5.02 Å². The lowest BCUT2D eigenvalue weighted by Crippen LogP contribution is -2.01. The number of hydrogen-bond acceptors (Lipinski definition) is 1. The van der Waals surface area contributed by atoms with Gasteiger partial charge in [-0.1, -0.05) is 43.4 Å². The molecule has 0 atom stereocenters. The van der Waals surface area contributed by atoms with E-state index in [9.17, 15) is 4.79 Å². The van der Waals surface area contributed by atoms with Crippen LogP contribution in [0.3, 0.4) is 0 Å². The average molecular weight is 249 g/mol. The first-order chi connectivity index (χ1) is 8.24. The van der Waals surface area contributed by atoms with Gasteiger partial charge >= 0.3 is 0 Å². The van der Waals surface area contributed by atoms with Crippen molar-refractivity contribution in [3.63, 3.8) is 0 Å². The van der Waals surface area contributed by atoms with Gasteiger partial charge in [0.1, 0.15) is 0 Å². The Bertz CT molecular complexity index is 458. The van der Waals surface area contributed by atoms with Crippen molar-refractivity contribution in [2.45, 2.75) is 44.9 Å². The van der Waals surface area contributed by atoms with E-state index in [4.69, 9.17) is 11.6 Å². The van der Waals surface area contributed by atoms with E-state index in [2.05, 4.69) is 6.07 Å². The third-order valence-corrected chi connectivity index (χ3v) is 4.53. The van der Waals surface area contributed by atoms with Gasteiger partial charge in [0.15, 0.2) is 5.78 Å². The number of hydrogen-bond donors (Lipinski definition) is 0. The molecule has 1 aromatic rings. The number of halogens is 1. The lowest BCUT2D eigenvalue weighted by Gasteiger charge is -2.12. The van der Waals surface area contributed by atoms with Crippen LogP contribution in [0, 0.1) is 5.92 Å². The van der Waals surface area contributed by atoms with Crippen LogP contribution in [0.15, 0.2) is 12.1 Å². The van der Waals surface area contributed by atoms with Crippen LogP contribution in [-0.2, 0) is 12.8 Å². The van der Waals surface area contributed by atoms with E-state index in [0.29, 0.717) is 6.42 Å². The first-order valence-corrected chi connectivity index (χ1v) is 6.96. The topological polar surface area (TPSA) is 17.1 Å². The third kappa shape index (κ3) is 2.13. The Morgan fingerprint density at radius 1 is 1.18 bits per heavy atom. The highest BCUT2D eigenvalue weighted by atomic mass is 35.5. The van der Waals surface area contributed by atoms with Crippen LogP contribution < -0.4 is 0 Å². The molecule has 0 radical (unpaired) electrons. The second kappa shape index (κ2) is 4.45. The summed E-state index contributed by atoms with van der Waals surface area (Å²) in [6.07, 6.45) is 8.08. The number of Topliss-reactive ketones (excluding diaryl/α,β-unsaturated/α-hetero) is 1. The van der Waals surface area contributed by atoms with Gasteiger partial charge in [-0.25, -0.2) is 0 Å². The number of aryl methyl sites for hydroxylation is 1. The molecule has 0 aliphatic heterocycles. The molecule has 2 aliphatic rings. The van der Waals surface area contributed by atoms with Gasteiger partial charge in [0.05, 0.1) is 0 Å². The summed E-state index contributed by atoms with van der Waals surface area (Å²) in [7, 11) is 0. The lowest BCUT2D eigenvalue weighted by molar-refractivity contribution is 0.0994. The zero-order valence-corrected chi connectivity index (χ0v) is 10.7. The summed E-state index contributed by atoms with van der Waals surface area (Å²) >= 11 is 6.30. The van der Waals surface area contributed by atoms with Crippen molar-refractivity contribution < 1.29 is 4.79 Å². The molecule has 1 saturated carbocycles. The Morgan fingerprint density at radius 3 is 2.71 bits per heavy atom.